The van der Waals surface area contributed by atoms with Gasteiger partial charge in [0.15, 0.2) is 11.9 Å². The van der Waals surface area contributed by atoms with Crippen molar-refractivity contribution in [2.45, 2.75) is 20.0 Å². The number of esters is 1. The number of nitrogens with zero attached hydrogens (tertiary/aromatic N) is 3. The van der Waals surface area contributed by atoms with Crippen molar-refractivity contribution in [2.24, 2.45) is 0 Å². The standard InChI is InChI=1S/C15H12ClN3O3/c1-8(14-17-9(2)19-22-14)21-15(20)11-3-5-12-10(7-11)4-6-13(16)18-12/h3-8H,1-2H3. The third kappa shape index (κ3) is 2.92. The molecule has 0 N–H and O–H groups in total. The van der Waals surface area contributed by atoms with E-state index in [-0.39, 0.29) is 5.89 Å². The molecule has 1 unspecified atom stereocenters. The number of carbonyl (C=O) groups is 1. The fourth-order valence-corrected chi connectivity index (χ4v) is 2.14. The van der Waals surface area contributed by atoms with Crippen LogP contribution in [0.25, 0.3) is 10.9 Å². The maximum atomic E-state index is 12.2. The van der Waals surface area contributed by atoms with Crippen LogP contribution in [-0.4, -0.2) is 21.1 Å². The Kier molecular flexibility index (Phi) is 3.77. The van der Waals surface area contributed by atoms with Crippen molar-refractivity contribution in [3.05, 3.63) is 52.8 Å². The molecule has 0 saturated heterocycles. The van der Waals surface area contributed by atoms with E-state index >= 15 is 0 Å². The first-order chi connectivity index (χ1) is 10.5. The highest BCUT2D eigenvalue weighted by atomic mass is 35.5. The Morgan fingerprint density at radius 2 is 2.09 bits per heavy atom. The van der Waals surface area contributed by atoms with Crippen molar-refractivity contribution in [3.63, 3.8) is 0 Å². The van der Waals surface area contributed by atoms with Crippen LogP contribution in [0.4, 0.5) is 0 Å². The van der Waals surface area contributed by atoms with E-state index in [9.17, 15) is 4.79 Å². The lowest BCUT2D eigenvalue weighted by Gasteiger charge is -2.09. The molecule has 0 aliphatic carbocycles. The second-order valence-corrected chi connectivity index (χ2v) is 5.16. The summed E-state index contributed by atoms with van der Waals surface area (Å²) in [4.78, 5) is 20.4. The average Bonchev–Trinajstić information content (AvgIpc) is 2.93. The second-order valence-electron chi connectivity index (χ2n) is 4.77. The lowest BCUT2D eigenvalue weighted by Crippen LogP contribution is -2.09. The zero-order valence-corrected chi connectivity index (χ0v) is 12.7. The van der Waals surface area contributed by atoms with E-state index in [0.717, 1.165) is 5.39 Å². The van der Waals surface area contributed by atoms with Crippen LogP contribution in [0, 0.1) is 6.92 Å². The molecule has 22 heavy (non-hydrogen) atoms. The highest BCUT2D eigenvalue weighted by molar-refractivity contribution is 6.29. The van der Waals surface area contributed by atoms with E-state index < -0.39 is 12.1 Å². The largest absolute Gasteiger partial charge is 0.449 e. The molecule has 1 atom stereocenters. The molecule has 0 bridgehead atoms. The first-order valence-electron chi connectivity index (χ1n) is 6.60. The molecule has 112 valence electrons. The van der Waals surface area contributed by atoms with E-state index in [1.807, 2.05) is 0 Å². The fourth-order valence-electron chi connectivity index (χ4n) is 1.98. The highest BCUT2D eigenvalue weighted by Crippen LogP contribution is 2.20. The molecule has 2 aromatic heterocycles. The highest BCUT2D eigenvalue weighted by Gasteiger charge is 2.19. The molecule has 0 saturated carbocycles. The first kappa shape index (κ1) is 14.5. The summed E-state index contributed by atoms with van der Waals surface area (Å²) in [6.45, 7) is 3.37. The zero-order valence-electron chi connectivity index (χ0n) is 11.9. The van der Waals surface area contributed by atoms with Crippen LogP contribution in [0.3, 0.4) is 0 Å². The predicted molar refractivity (Wildman–Crippen MR) is 79.6 cm³/mol. The molecule has 0 amide bonds. The number of aryl methyl sites for hydroxylation is 1. The van der Waals surface area contributed by atoms with Crippen molar-refractivity contribution in [1.82, 2.24) is 15.1 Å². The van der Waals surface area contributed by atoms with Gasteiger partial charge in [-0.1, -0.05) is 16.8 Å². The predicted octanol–water partition coefficient (Wildman–Crippen LogP) is 3.50. The Bertz CT molecular complexity index is 847. The zero-order chi connectivity index (χ0) is 15.7. The molecular weight excluding hydrogens is 306 g/mol. The average molecular weight is 318 g/mol. The number of hydrogen-bond donors (Lipinski definition) is 0. The molecule has 0 aliphatic rings. The number of ether oxygens (including phenoxy) is 1. The van der Waals surface area contributed by atoms with Gasteiger partial charge in [-0.25, -0.2) is 9.78 Å². The Morgan fingerprint density at radius 3 is 2.82 bits per heavy atom. The normalized spacial score (nSPS) is 12.3. The van der Waals surface area contributed by atoms with Gasteiger partial charge in [0.25, 0.3) is 5.89 Å². The lowest BCUT2D eigenvalue weighted by atomic mass is 10.1. The molecule has 0 spiro atoms. The molecular formula is C15H12ClN3O3. The van der Waals surface area contributed by atoms with Crippen LogP contribution in [0.15, 0.2) is 34.9 Å². The number of pyridine rings is 1. The van der Waals surface area contributed by atoms with E-state index in [2.05, 4.69) is 15.1 Å². The molecule has 3 rings (SSSR count). The number of carbonyl (C=O) groups excluding carboxylic acids is 1. The van der Waals surface area contributed by atoms with E-state index in [1.165, 1.54) is 0 Å². The van der Waals surface area contributed by atoms with Crippen molar-refractivity contribution in [1.29, 1.82) is 0 Å². The van der Waals surface area contributed by atoms with Crippen molar-refractivity contribution in [3.8, 4) is 0 Å². The summed E-state index contributed by atoms with van der Waals surface area (Å²) >= 11 is 5.83. The third-order valence-electron chi connectivity index (χ3n) is 3.07. The molecule has 0 fully saturated rings. The maximum absolute atomic E-state index is 12.2. The van der Waals surface area contributed by atoms with Gasteiger partial charge < -0.3 is 9.26 Å². The summed E-state index contributed by atoms with van der Waals surface area (Å²) in [6.07, 6.45) is -0.618. The van der Waals surface area contributed by atoms with E-state index in [0.29, 0.717) is 22.1 Å². The van der Waals surface area contributed by atoms with Gasteiger partial charge in [-0.15, -0.1) is 0 Å². The molecule has 1 aromatic carbocycles. The fraction of sp³-hybridized carbons (Fsp3) is 0.200. The van der Waals surface area contributed by atoms with Gasteiger partial charge in [-0.3, -0.25) is 0 Å². The Labute approximate surface area is 131 Å². The summed E-state index contributed by atoms with van der Waals surface area (Å²) in [5.41, 5.74) is 1.13. The van der Waals surface area contributed by atoms with Crippen LogP contribution in [0.1, 0.15) is 35.1 Å². The van der Waals surface area contributed by atoms with Gasteiger partial charge in [-0.2, -0.15) is 4.98 Å². The summed E-state index contributed by atoms with van der Waals surface area (Å²) in [7, 11) is 0. The quantitative estimate of drug-likeness (QED) is 0.543. The Balaban J connectivity index is 1.81. The summed E-state index contributed by atoms with van der Waals surface area (Å²) < 4.78 is 10.3. The van der Waals surface area contributed by atoms with Crippen LogP contribution >= 0.6 is 11.6 Å². The monoisotopic (exact) mass is 317 g/mol. The van der Waals surface area contributed by atoms with Gasteiger partial charge >= 0.3 is 5.97 Å². The van der Waals surface area contributed by atoms with Gasteiger partial charge in [0, 0.05) is 5.39 Å². The van der Waals surface area contributed by atoms with Crippen molar-refractivity contribution in [2.75, 3.05) is 0 Å². The van der Waals surface area contributed by atoms with E-state index in [1.54, 1.807) is 44.2 Å². The minimum absolute atomic E-state index is 0.264. The van der Waals surface area contributed by atoms with Crippen LogP contribution in [0.2, 0.25) is 5.15 Å². The van der Waals surface area contributed by atoms with Crippen LogP contribution in [-0.2, 0) is 4.74 Å². The summed E-state index contributed by atoms with van der Waals surface area (Å²) in [6, 6.07) is 8.53. The Morgan fingerprint density at radius 1 is 1.27 bits per heavy atom. The van der Waals surface area contributed by atoms with Gasteiger partial charge in [0.1, 0.15) is 5.15 Å². The number of rotatable bonds is 3. The number of halogens is 1. The molecule has 6 nitrogen and oxygen atoms in total. The molecule has 0 aliphatic heterocycles. The molecule has 2 heterocycles. The third-order valence-corrected chi connectivity index (χ3v) is 3.28. The second kappa shape index (κ2) is 5.73. The van der Waals surface area contributed by atoms with Crippen LogP contribution < -0.4 is 0 Å². The maximum Gasteiger partial charge on any atom is 0.338 e. The molecule has 7 heteroatoms. The number of benzene rings is 1. The molecule has 3 aromatic rings. The van der Waals surface area contributed by atoms with Crippen LogP contribution in [0.5, 0.6) is 0 Å². The minimum Gasteiger partial charge on any atom is -0.449 e. The van der Waals surface area contributed by atoms with Crippen molar-refractivity contribution < 1.29 is 14.1 Å². The minimum atomic E-state index is -0.618. The SMILES string of the molecule is Cc1noc(C(C)OC(=O)c2ccc3nc(Cl)ccc3c2)n1. The smallest absolute Gasteiger partial charge is 0.338 e. The van der Waals surface area contributed by atoms with Gasteiger partial charge in [-0.05, 0) is 44.2 Å². The topological polar surface area (TPSA) is 78.1 Å². The van der Waals surface area contributed by atoms with Crippen molar-refractivity contribution >= 4 is 28.5 Å². The summed E-state index contributed by atoms with van der Waals surface area (Å²) in [5, 5.41) is 4.88. The summed E-state index contributed by atoms with van der Waals surface area (Å²) in [5.74, 6) is 0.284. The van der Waals surface area contributed by atoms with Gasteiger partial charge in [0.05, 0.1) is 11.1 Å². The van der Waals surface area contributed by atoms with E-state index in [4.69, 9.17) is 20.9 Å². The number of aromatic nitrogens is 3. The van der Waals surface area contributed by atoms with Gasteiger partial charge in [0.2, 0.25) is 0 Å². The first-order valence-corrected chi connectivity index (χ1v) is 6.98. The molecule has 0 radical (unpaired) electrons. The number of hydrogen-bond acceptors (Lipinski definition) is 6. The Hall–Kier alpha value is -2.47. The number of fused-ring (bicyclic) bond motifs is 1. The lowest BCUT2D eigenvalue weighted by molar-refractivity contribution is 0.0265.